The maximum atomic E-state index is 11.1. The summed E-state index contributed by atoms with van der Waals surface area (Å²) in [6, 6.07) is 0. The molecule has 0 aliphatic rings. The number of rotatable bonds is 11. The quantitative estimate of drug-likeness (QED) is 0.266. The molecule has 9 heteroatoms. The molecule has 0 radical (unpaired) electrons. The van der Waals surface area contributed by atoms with Crippen LogP contribution in [0.5, 0.6) is 0 Å². The average molecular weight is 364 g/mol. The molecule has 2 unspecified atom stereocenters. The van der Waals surface area contributed by atoms with Gasteiger partial charge in [-0.05, 0) is 13.8 Å². The molecule has 0 aromatic rings. The summed E-state index contributed by atoms with van der Waals surface area (Å²) in [6.45, 7) is 8.81. The fourth-order valence-electron chi connectivity index (χ4n) is 1.03. The van der Waals surface area contributed by atoms with Crippen molar-refractivity contribution >= 4 is 11.9 Å². The van der Waals surface area contributed by atoms with E-state index in [2.05, 4.69) is 13.2 Å². The van der Waals surface area contributed by atoms with Gasteiger partial charge < -0.3 is 34.6 Å². The van der Waals surface area contributed by atoms with Crippen LogP contribution >= 0.6 is 0 Å². The fourth-order valence-corrected chi connectivity index (χ4v) is 1.03. The Kier molecular flexibility index (Phi) is 16.0. The van der Waals surface area contributed by atoms with Crippen molar-refractivity contribution < 1.29 is 44.2 Å². The van der Waals surface area contributed by atoms with Crippen LogP contribution in [0.1, 0.15) is 13.8 Å². The highest BCUT2D eigenvalue weighted by molar-refractivity contribution is 5.87. The van der Waals surface area contributed by atoms with Gasteiger partial charge in [-0.25, -0.2) is 9.59 Å². The highest BCUT2D eigenvalue weighted by Crippen LogP contribution is 1.97. The minimum atomic E-state index is -1.02. The Morgan fingerprint density at radius 3 is 1.36 bits per heavy atom. The Morgan fingerprint density at radius 2 is 1.12 bits per heavy atom. The van der Waals surface area contributed by atoms with Gasteiger partial charge in [0.15, 0.2) is 0 Å². The van der Waals surface area contributed by atoms with Gasteiger partial charge in [-0.2, -0.15) is 0 Å². The van der Waals surface area contributed by atoms with Gasteiger partial charge in [0.1, 0.15) is 25.4 Å². The lowest BCUT2D eigenvalue weighted by atomic mass is 10.3. The molecule has 0 bridgehead atoms. The van der Waals surface area contributed by atoms with Crippen LogP contribution in [-0.4, -0.2) is 84.2 Å². The van der Waals surface area contributed by atoms with Crippen molar-refractivity contribution in [2.75, 3.05) is 39.6 Å². The number of hydrogen-bond acceptors (Lipinski definition) is 9. The molecule has 2 atom stereocenters. The average Bonchev–Trinajstić information content (AvgIpc) is 2.57. The Bertz CT molecular complexity index is 382. The molecule has 0 amide bonds. The maximum absolute atomic E-state index is 11.1. The van der Waals surface area contributed by atoms with E-state index in [1.54, 1.807) is 0 Å². The Labute approximate surface area is 147 Å². The zero-order valence-electron chi connectivity index (χ0n) is 14.6. The van der Waals surface area contributed by atoms with E-state index < -0.39 is 24.1 Å². The van der Waals surface area contributed by atoms with E-state index in [4.69, 9.17) is 24.4 Å². The second-order valence-corrected chi connectivity index (χ2v) is 5.05. The monoisotopic (exact) mass is 364 g/mol. The van der Waals surface area contributed by atoms with Crippen LogP contribution in [0.3, 0.4) is 0 Å². The first-order valence-electron chi connectivity index (χ1n) is 7.46. The summed E-state index contributed by atoms with van der Waals surface area (Å²) in [4.78, 5) is 22.1. The predicted octanol–water partition coefficient (Wildman–Crippen LogP) is -1.07. The van der Waals surface area contributed by atoms with E-state index in [9.17, 15) is 19.8 Å². The molecule has 0 aromatic carbocycles. The molecule has 0 aromatic heterocycles. The molecule has 9 nitrogen and oxygen atoms in total. The van der Waals surface area contributed by atoms with Gasteiger partial charge in [-0.3, -0.25) is 0 Å². The van der Waals surface area contributed by atoms with Gasteiger partial charge in [-0.1, -0.05) is 13.2 Å². The summed E-state index contributed by atoms with van der Waals surface area (Å²) in [6.07, 6.45) is -2.03. The number of aliphatic hydroxyl groups excluding tert-OH is 4. The number of carbonyl (C=O) groups excluding carboxylic acids is 2. The molecule has 4 N–H and O–H groups in total. The first-order chi connectivity index (χ1) is 11.6. The highest BCUT2D eigenvalue weighted by atomic mass is 16.6. The van der Waals surface area contributed by atoms with E-state index in [0.717, 1.165) is 0 Å². The molecular formula is C16H28O9. The van der Waals surface area contributed by atoms with E-state index in [1.807, 2.05) is 0 Å². The second kappa shape index (κ2) is 15.7. The van der Waals surface area contributed by atoms with Gasteiger partial charge in [0.05, 0.1) is 26.4 Å². The van der Waals surface area contributed by atoms with E-state index in [0.29, 0.717) is 0 Å². The number of esters is 2. The van der Waals surface area contributed by atoms with Gasteiger partial charge in [0.2, 0.25) is 0 Å². The minimum absolute atomic E-state index is 0.125. The lowest BCUT2D eigenvalue weighted by Crippen LogP contribution is -2.28. The maximum Gasteiger partial charge on any atom is 0.333 e. The molecule has 0 rings (SSSR count). The third kappa shape index (κ3) is 16.8. The summed E-state index contributed by atoms with van der Waals surface area (Å²) < 4.78 is 14.5. The topological polar surface area (TPSA) is 143 Å². The summed E-state index contributed by atoms with van der Waals surface area (Å²) in [5.74, 6) is -1.19. The van der Waals surface area contributed by atoms with E-state index >= 15 is 0 Å². The van der Waals surface area contributed by atoms with Crippen LogP contribution in [0.15, 0.2) is 24.3 Å². The normalized spacial score (nSPS) is 12.2. The number of carbonyl (C=O) groups is 2. The van der Waals surface area contributed by atoms with Gasteiger partial charge >= 0.3 is 11.9 Å². The number of hydrogen-bond donors (Lipinski definition) is 4. The van der Waals surface area contributed by atoms with Crippen LogP contribution in [0.4, 0.5) is 0 Å². The first-order valence-corrected chi connectivity index (χ1v) is 7.46. The van der Waals surface area contributed by atoms with Gasteiger partial charge in [-0.15, -0.1) is 0 Å². The van der Waals surface area contributed by atoms with Crippen molar-refractivity contribution in [3.8, 4) is 0 Å². The van der Waals surface area contributed by atoms with Gasteiger partial charge in [0, 0.05) is 11.1 Å². The Balaban J connectivity index is 0. The van der Waals surface area contributed by atoms with Crippen molar-refractivity contribution in [1.29, 1.82) is 0 Å². The van der Waals surface area contributed by atoms with Crippen LogP contribution < -0.4 is 0 Å². The smallest absolute Gasteiger partial charge is 0.333 e. The summed E-state index contributed by atoms with van der Waals surface area (Å²) in [5, 5.41) is 34.2. The molecule has 0 saturated carbocycles. The molecule has 0 fully saturated rings. The number of ether oxygens (including phenoxy) is 3. The number of aliphatic hydroxyl groups is 4. The summed E-state index contributed by atoms with van der Waals surface area (Å²) in [7, 11) is 0. The van der Waals surface area contributed by atoms with Crippen molar-refractivity contribution in [3.63, 3.8) is 0 Å². The zero-order chi connectivity index (χ0) is 19.8. The standard InChI is InChI=1S/C14H22O7.C2H6O2/c1-9(2)13(17)20-7-11(15)5-19-6-12(16)8-21-14(18)10(3)4;3-1-2-4/h11-12,15-16H,1,3,5-8H2,2,4H3;3-4H,1-2H2. The lowest BCUT2D eigenvalue weighted by molar-refractivity contribution is -0.144. The largest absolute Gasteiger partial charge is 0.460 e. The first kappa shape index (κ1) is 25.5. The predicted molar refractivity (Wildman–Crippen MR) is 88.6 cm³/mol. The summed E-state index contributed by atoms with van der Waals surface area (Å²) in [5.41, 5.74) is 0.468. The third-order valence-electron chi connectivity index (χ3n) is 2.23. The van der Waals surface area contributed by atoms with Crippen LogP contribution in [0.2, 0.25) is 0 Å². The lowest BCUT2D eigenvalue weighted by Gasteiger charge is -2.14. The minimum Gasteiger partial charge on any atom is -0.460 e. The molecule has 0 spiro atoms. The van der Waals surface area contributed by atoms with Crippen molar-refractivity contribution in [1.82, 2.24) is 0 Å². The van der Waals surface area contributed by atoms with Crippen molar-refractivity contribution in [2.24, 2.45) is 0 Å². The SMILES string of the molecule is C=C(C)C(=O)OCC(O)COCC(O)COC(=O)C(=C)C.OCCO. The van der Waals surface area contributed by atoms with Crippen LogP contribution in [0, 0.1) is 0 Å². The van der Waals surface area contributed by atoms with Gasteiger partial charge in [0.25, 0.3) is 0 Å². The van der Waals surface area contributed by atoms with Crippen molar-refractivity contribution in [3.05, 3.63) is 24.3 Å². The Morgan fingerprint density at radius 1 is 0.800 bits per heavy atom. The molecule has 0 heterocycles. The molecule has 0 saturated heterocycles. The zero-order valence-corrected chi connectivity index (χ0v) is 14.6. The highest BCUT2D eigenvalue weighted by Gasteiger charge is 2.12. The second-order valence-electron chi connectivity index (χ2n) is 5.05. The summed E-state index contributed by atoms with van der Waals surface area (Å²) >= 11 is 0. The molecule has 0 aliphatic heterocycles. The molecule has 0 aliphatic carbocycles. The molecular weight excluding hydrogens is 336 g/mol. The van der Waals surface area contributed by atoms with E-state index in [-0.39, 0.29) is 50.8 Å². The van der Waals surface area contributed by atoms with Crippen LogP contribution in [-0.2, 0) is 23.8 Å². The third-order valence-corrected chi connectivity index (χ3v) is 2.23. The van der Waals surface area contributed by atoms with Crippen molar-refractivity contribution in [2.45, 2.75) is 26.1 Å². The Hall–Kier alpha value is -1.78. The molecule has 146 valence electrons. The fraction of sp³-hybridized carbons (Fsp3) is 0.625. The molecule has 25 heavy (non-hydrogen) atoms. The van der Waals surface area contributed by atoms with Crippen LogP contribution in [0.25, 0.3) is 0 Å². The van der Waals surface area contributed by atoms with E-state index in [1.165, 1.54) is 13.8 Å².